The lowest BCUT2D eigenvalue weighted by Gasteiger charge is -2.12. The second-order valence-corrected chi connectivity index (χ2v) is 13.5. The highest BCUT2D eigenvalue weighted by atomic mass is 35.5. The number of hydrogen-bond acceptors (Lipinski definition) is 6. The van der Waals surface area contributed by atoms with Crippen LogP contribution in [-0.2, 0) is 9.59 Å². The third-order valence-corrected chi connectivity index (χ3v) is 10.3. The first kappa shape index (κ1) is 34.6. The topological polar surface area (TPSA) is 125 Å². The van der Waals surface area contributed by atoms with Crippen LogP contribution in [0.25, 0.3) is 22.5 Å². The molecule has 4 aromatic rings. The Labute approximate surface area is 302 Å². The van der Waals surface area contributed by atoms with Crippen molar-refractivity contribution in [2.75, 3.05) is 13.1 Å². The molecule has 2 aromatic heterocycles. The summed E-state index contributed by atoms with van der Waals surface area (Å²) in [5.41, 5.74) is 5.41. The van der Waals surface area contributed by atoms with Crippen LogP contribution in [0, 0.1) is 0 Å². The summed E-state index contributed by atoms with van der Waals surface area (Å²) in [5, 5.41) is 7.09. The summed E-state index contributed by atoms with van der Waals surface area (Å²) in [5.74, 6) is 0.00193. The number of rotatable bonds is 6. The zero-order valence-corrected chi connectivity index (χ0v) is 28.0. The third-order valence-electron chi connectivity index (χ3n) is 8.79. The molecule has 2 N–H and O–H groups in total. The second kappa shape index (κ2) is 14.0. The number of carbonyl (C=O) groups excluding carboxylic acids is 4. The molecule has 8 rings (SSSR count). The minimum absolute atomic E-state index is 0. The van der Waals surface area contributed by atoms with Crippen molar-refractivity contribution in [2.45, 2.75) is 44.2 Å². The number of hydrogen-bond donors (Lipinski definition) is 2. The number of pyridine rings is 2. The van der Waals surface area contributed by atoms with Crippen molar-refractivity contribution in [1.29, 1.82) is 0 Å². The van der Waals surface area contributed by atoms with Gasteiger partial charge in [0.25, 0.3) is 0 Å². The van der Waals surface area contributed by atoms with Gasteiger partial charge < -0.3 is 10.6 Å². The van der Waals surface area contributed by atoms with Crippen LogP contribution in [0.5, 0.6) is 0 Å². The summed E-state index contributed by atoms with van der Waals surface area (Å²) in [7, 11) is 0. The van der Waals surface area contributed by atoms with Crippen molar-refractivity contribution >= 4 is 70.3 Å². The molecule has 10 nitrogen and oxygen atoms in total. The molecule has 4 aliphatic rings. The highest BCUT2D eigenvalue weighted by Gasteiger charge is 2.50. The molecule has 6 amide bonds. The number of nitrogens with zero attached hydrogens (tertiary/aromatic N) is 4. The Hall–Kier alpha value is -4.22. The van der Waals surface area contributed by atoms with E-state index in [1.54, 1.807) is 36.7 Å². The van der Waals surface area contributed by atoms with Gasteiger partial charge in [0, 0.05) is 47.4 Å². The van der Waals surface area contributed by atoms with Gasteiger partial charge in [0.1, 0.15) is 0 Å². The van der Waals surface area contributed by atoms with Gasteiger partial charge in [-0.25, -0.2) is 9.59 Å². The minimum atomic E-state index is -0.298. The van der Waals surface area contributed by atoms with E-state index in [-0.39, 0.29) is 68.3 Å². The summed E-state index contributed by atoms with van der Waals surface area (Å²) in [6.07, 6.45) is 5.15. The fraction of sp³-hybridized carbons (Fsp3) is 0.257. The van der Waals surface area contributed by atoms with Crippen LogP contribution in [0.2, 0.25) is 20.1 Å². The Morgan fingerprint density at radius 3 is 1.29 bits per heavy atom. The van der Waals surface area contributed by atoms with Gasteiger partial charge in [-0.3, -0.25) is 29.4 Å². The number of halogens is 4. The Balaban J connectivity index is 0.000000167. The van der Waals surface area contributed by atoms with Crippen LogP contribution >= 0.6 is 46.4 Å². The molecule has 14 heteroatoms. The summed E-state index contributed by atoms with van der Waals surface area (Å²) in [6, 6.07) is 17.8. The maximum atomic E-state index is 11.7. The predicted octanol–water partition coefficient (Wildman–Crippen LogP) is 7.56. The first-order valence-electron chi connectivity index (χ1n) is 15.1. The molecule has 2 saturated heterocycles. The maximum absolute atomic E-state index is 11.7. The number of carbonyl (C=O) groups is 4. The molecule has 4 atom stereocenters. The molecule has 2 aromatic carbocycles. The van der Waals surface area contributed by atoms with Crippen LogP contribution in [0.4, 0.5) is 9.59 Å². The summed E-state index contributed by atoms with van der Waals surface area (Å²) < 4.78 is 0. The van der Waals surface area contributed by atoms with E-state index in [4.69, 9.17) is 46.4 Å². The van der Waals surface area contributed by atoms with Gasteiger partial charge in [-0.1, -0.05) is 78.1 Å². The van der Waals surface area contributed by atoms with E-state index in [9.17, 15) is 19.2 Å². The van der Waals surface area contributed by atoms with Crippen LogP contribution in [-0.4, -0.2) is 68.8 Å². The van der Waals surface area contributed by atoms with Crippen molar-refractivity contribution in [3.8, 4) is 22.5 Å². The number of imide groups is 2. The van der Waals surface area contributed by atoms with E-state index in [0.29, 0.717) is 20.1 Å². The van der Waals surface area contributed by atoms with Gasteiger partial charge in [0.05, 0.1) is 44.6 Å². The monoisotopic (exact) mass is 738 g/mol. The molecule has 49 heavy (non-hydrogen) atoms. The molecule has 0 unspecified atom stereocenters. The van der Waals surface area contributed by atoms with Gasteiger partial charge in [-0.15, -0.1) is 0 Å². The maximum Gasteiger partial charge on any atom is 0.324 e. The number of urea groups is 2. The standard InChI is InChI=1S/2C17H13Cl2N3O2.CH4/c2*18-12-3-1-9(5-13(12)19)14-4-2-10(7-20-14)11-6-15(11)22-16(23)8-21-17(22)24;/h2*1-5,7,11,15H,6,8H2,(H,21,24);1H4/t2*11-,15+;/m10./s1. The van der Waals surface area contributed by atoms with Crippen molar-refractivity contribution in [3.63, 3.8) is 0 Å². The Morgan fingerprint density at radius 2 is 0.980 bits per heavy atom. The summed E-state index contributed by atoms with van der Waals surface area (Å²) in [4.78, 5) is 58.5. The molecule has 4 fully saturated rings. The van der Waals surface area contributed by atoms with Gasteiger partial charge in [0.15, 0.2) is 0 Å². The van der Waals surface area contributed by atoms with Crippen LogP contribution in [0.1, 0.15) is 43.2 Å². The molecule has 4 heterocycles. The molecular weight excluding hydrogens is 710 g/mol. The number of aromatic nitrogens is 2. The Kier molecular flexibility index (Phi) is 9.86. The molecule has 0 spiro atoms. The molecule has 0 radical (unpaired) electrons. The zero-order valence-electron chi connectivity index (χ0n) is 25.0. The van der Waals surface area contributed by atoms with Crippen molar-refractivity contribution in [3.05, 3.63) is 104 Å². The number of nitrogens with one attached hydrogen (secondary N) is 2. The average molecular weight is 740 g/mol. The van der Waals surface area contributed by atoms with Crippen LogP contribution in [0.15, 0.2) is 73.1 Å². The van der Waals surface area contributed by atoms with E-state index in [1.807, 2.05) is 36.4 Å². The minimum Gasteiger partial charge on any atom is -0.329 e. The van der Waals surface area contributed by atoms with Gasteiger partial charge >= 0.3 is 12.1 Å². The summed E-state index contributed by atoms with van der Waals surface area (Å²) >= 11 is 23.9. The fourth-order valence-corrected chi connectivity index (χ4v) is 6.69. The highest BCUT2D eigenvalue weighted by Crippen LogP contribution is 2.46. The van der Waals surface area contributed by atoms with Crippen LogP contribution < -0.4 is 10.6 Å². The van der Waals surface area contributed by atoms with Crippen molar-refractivity contribution in [2.24, 2.45) is 0 Å². The lowest BCUT2D eigenvalue weighted by atomic mass is 10.1. The van der Waals surface area contributed by atoms with E-state index in [2.05, 4.69) is 20.6 Å². The van der Waals surface area contributed by atoms with Gasteiger partial charge in [-0.2, -0.15) is 0 Å². The fourth-order valence-electron chi connectivity index (χ4n) is 6.09. The van der Waals surface area contributed by atoms with Crippen LogP contribution in [0.3, 0.4) is 0 Å². The van der Waals surface area contributed by atoms with Crippen molar-refractivity contribution in [1.82, 2.24) is 30.4 Å². The first-order chi connectivity index (χ1) is 23.1. The lowest BCUT2D eigenvalue weighted by molar-refractivity contribution is -0.126. The molecule has 2 saturated carbocycles. The summed E-state index contributed by atoms with van der Waals surface area (Å²) in [6.45, 7) is 0.188. The highest BCUT2D eigenvalue weighted by molar-refractivity contribution is 6.42. The molecule has 0 bridgehead atoms. The molecule has 252 valence electrons. The normalized spacial score (nSPS) is 22.2. The van der Waals surface area contributed by atoms with Crippen molar-refractivity contribution < 1.29 is 19.2 Å². The molecular formula is C35H30Cl4N6O4. The first-order valence-corrected chi connectivity index (χ1v) is 16.6. The Bertz CT molecular complexity index is 1790. The van der Waals surface area contributed by atoms with E-state index >= 15 is 0 Å². The molecule has 2 aliphatic carbocycles. The van der Waals surface area contributed by atoms with E-state index in [0.717, 1.165) is 46.5 Å². The average Bonchev–Trinajstić information content (AvgIpc) is 3.99. The zero-order chi connectivity index (χ0) is 33.7. The quantitative estimate of drug-likeness (QED) is 0.197. The smallest absolute Gasteiger partial charge is 0.324 e. The SMILES string of the molecule is C.O=C1CNC(=O)N1[C@@H]1C[C@H]1c1ccc(-c2ccc(Cl)c(Cl)c2)nc1.O=C1CNC(=O)N1[C@H]1C[C@@H]1c1ccc(-c2ccc(Cl)c(Cl)c2)nc1. The third kappa shape index (κ3) is 7.10. The van der Waals surface area contributed by atoms with Gasteiger partial charge in [0.2, 0.25) is 11.8 Å². The predicted molar refractivity (Wildman–Crippen MR) is 189 cm³/mol. The lowest BCUT2D eigenvalue weighted by Crippen LogP contribution is -2.33. The van der Waals surface area contributed by atoms with E-state index < -0.39 is 0 Å². The van der Waals surface area contributed by atoms with E-state index in [1.165, 1.54) is 9.80 Å². The Morgan fingerprint density at radius 1 is 0.571 bits per heavy atom. The van der Waals surface area contributed by atoms with Gasteiger partial charge in [-0.05, 0) is 60.4 Å². The number of amides is 6. The number of benzene rings is 2. The largest absolute Gasteiger partial charge is 0.329 e. The second-order valence-electron chi connectivity index (χ2n) is 11.9. The molecule has 2 aliphatic heterocycles.